The molecule has 2 heterocycles. The van der Waals surface area contributed by atoms with Gasteiger partial charge in [-0.05, 0) is 88.9 Å². The average Bonchev–Trinajstić information content (AvgIpc) is 3.08. The summed E-state index contributed by atoms with van der Waals surface area (Å²) in [5.74, 6) is 0.989. The van der Waals surface area contributed by atoms with E-state index in [1.54, 1.807) is 0 Å². The quantitative estimate of drug-likeness (QED) is 0.231. The molecule has 0 saturated heterocycles. The average molecular weight is 641 g/mol. The fourth-order valence-corrected chi connectivity index (χ4v) is 8.28. The number of hydrogen-bond donors (Lipinski definition) is 0. The number of nitrogens with zero attached hydrogens (tertiary/aromatic N) is 1. The summed E-state index contributed by atoms with van der Waals surface area (Å²) in [6.07, 6.45) is -0.0936. The smallest absolute Gasteiger partial charge is 0.314 e. The van der Waals surface area contributed by atoms with Crippen LogP contribution >= 0.6 is 79.5 Å². The van der Waals surface area contributed by atoms with Crippen LogP contribution in [0, 0.1) is 7.14 Å². The molecular formula is C20H17ClI2NOS2+. The fraction of sp³-hybridized carbons (Fsp3) is 0.250. The van der Waals surface area contributed by atoms with Crippen LogP contribution in [0.2, 0.25) is 5.02 Å². The molecular weight excluding hydrogens is 624 g/mol. The van der Waals surface area contributed by atoms with E-state index in [1.807, 2.05) is 34.8 Å². The molecule has 140 valence electrons. The molecule has 7 heteroatoms. The van der Waals surface area contributed by atoms with E-state index in [2.05, 4.69) is 87.9 Å². The first-order valence-corrected chi connectivity index (χ1v) is 12.8. The van der Waals surface area contributed by atoms with Crippen molar-refractivity contribution >= 4 is 79.5 Å². The van der Waals surface area contributed by atoms with E-state index in [4.69, 9.17) is 16.3 Å². The van der Waals surface area contributed by atoms with E-state index >= 15 is 0 Å². The van der Waals surface area contributed by atoms with Gasteiger partial charge in [-0.1, -0.05) is 46.4 Å². The lowest BCUT2D eigenvalue weighted by Crippen LogP contribution is -2.25. The largest absolute Gasteiger partial charge is 0.478 e. The minimum absolute atomic E-state index is 0.0936. The van der Waals surface area contributed by atoms with Crippen molar-refractivity contribution < 1.29 is 4.74 Å². The molecule has 0 bridgehead atoms. The van der Waals surface area contributed by atoms with E-state index in [0.29, 0.717) is 0 Å². The highest BCUT2D eigenvalue weighted by molar-refractivity contribution is 14.1. The van der Waals surface area contributed by atoms with Gasteiger partial charge in [-0.2, -0.15) is 0 Å². The lowest BCUT2D eigenvalue weighted by atomic mass is 10.0. The first-order chi connectivity index (χ1) is 13.0. The lowest BCUT2D eigenvalue weighted by molar-refractivity contribution is 0.246. The Morgan fingerprint density at radius 3 is 2.44 bits per heavy atom. The maximum absolute atomic E-state index is 6.58. The molecule has 3 aromatic rings. The third-order valence-electron chi connectivity index (χ3n) is 4.53. The van der Waals surface area contributed by atoms with Gasteiger partial charge in [0.25, 0.3) is 0 Å². The van der Waals surface area contributed by atoms with E-state index in [-0.39, 0.29) is 6.10 Å². The van der Waals surface area contributed by atoms with Crippen molar-refractivity contribution in [2.24, 2.45) is 0 Å². The summed E-state index contributed by atoms with van der Waals surface area (Å²) in [6, 6.07) is 12.4. The number of hydrogen-bond acceptors (Lipinski definition) is 3. The Kier molecular flexibility index (Phi) is 6.18. The highest BCUT2D eigenvalue weighted by Crippen LogP contribution is 2.50. The van der Waals surface area contributed by atoms with Crippen LogP contribution in [0.5, 0.6) is 5.75 Å². The maximum atomic E-state index is 6.58. The molecule has 0 N–H and O–H groups in total. The Balaban J connectivity index is 1.99. The minimum atomic E-state index is -0.0936. The normalized spacial score (nSPS) is 15.1. The van der Waals surface area contributed by atoms with Gasteiger partial charge in [0.05, 0.1) is 13.3 Å². The van der Waals surface area contributed by atoms with Crippen molar-refractivity contribution in [3.8, 4) is 16.2 Å². The summed E-state index contributed by atoms with van der Waals surface area (Å²) in [6.45, 7) is 6.44. The molecule has 2 aromatic carbocycles. The summed E-state index contributed by atoms with van der Waals surface area (Å²) in [5.41, 5.74) is 2.35. The second kappa shape index (κ2) is 8.30. The van der Waals surface area contributed by atoms with Crippen LogP contribution in [0.1, 0.15) is 30.4 Å². The number of halogens is 3. The van der Waals surface area contributed by atoms with Crippen molar-refractivity contribution in [3.63, 3.8) is 0 Å². The Morgan fingerprint density at radius 2 is 1.78 bits per heavy atom. The van der Waals surface area contributed by atoms with Gasteiger partial charge in [0.1, 0.15) is 18.8 Å². The standard InChI is InChI=1S/C20H17ClI2NOS2/c1-3-24(4-2)20-26-18-14-9-13(22)10-15(23)17(14)25-16(19(18)27-20)11-5-7-12(21)8-6-11/h5-10,16H,3-4H2,1-2H3/q+1. The summed E-state index contributed by atoms with van der Waals surface area (Å²) >= 11 is 14.6. The van der Waals surface area contributed by atoms with Crippen LogP contribution in [-0.2, 0) is 0 Å². The van der Waals surface area contributed by atoms with Crippen molar-refractivity contribution in [2.75, 3.05) is 13.1 Å². The first kappa shape index (κ1) is 20.1. The molecule has 1 unspecified atom stereocenters. The van der Waals surface area contributed by atoms with Crippen LogP contribution in [0.15, 0.2) is 36.4 Å². The molecule has 0 fully saturated rings. The summed E-state index contributed by atoms with van der Waals surface area (Å²) in [5, 5.41) is 0.747. The van der Waals surface area contributed by atoms with E-state index < -0.39 is 0 Å². The van der Waals surface area contributed by atoms with Gasteiger partial charge in [0.15, 0.2) is 6.10 Å². The van der Waals surface area contributed by atoms with Crippen molar-refractivity contribution in [1.82, 2.24) is 4.58 Å². The molecule has 2 nitrogen and oxygen atoms in total. The third kappa shape index (κ3) is 3.84. The highest BCUT2D eigenvalue weighted by Gasteiger charge is 2.33. The second-order valence-electron chi connectivity index (χ2n) is 6.15. The zero-order valence-electron chi connectivity index (χ0n) is 14.8. The fourth-order valence-electron chi connectivity index (χ4n) is 3.15. The second-order valence-corrected chi connectivity index (χ2v) is 11.3. The van der Waals surface area contributed by atoms with Gasteiger partial charge < -0.3 is 4.74 Å². The van der Waals surface area contributed by atoms with Crippen LogP contribution in [-0.4, -0.2) is 13.1 Å². The van der Waals surface area contributed by atoms with Crippen LogP contribution in [0.3, 0.4) is 0 Å². The number of ether oxygens (including phenoxy) is 1. The van der Waals surface area contributed by atoms with E-state index in [9.17, 15) is 0 Å². The molecule has 1 atom stereocenters. The molecule has 0 saturated carbocycles. The Bertz CT molecular complexity index is 1070. The van der Waals surface area contributed by atoms with Gasteiger partial charge in [-0.3, -0.25) is 0 Å². The van der Waals surface area contributed by atoms with E-state index in [0.717, 1.165) is 33.0 Å². The van der Waals surface area contributed by atoms with Crippen molar-refractivity contribution in [3.05, 3.63) is 63.0 Å². The minimum Gasteiger partial charge on any atom is -0.478 e. The SMILES string of the molecule is CC[N+](CC)=c1sc2c(s1)C(c1ccc(Cl)cc1)Oc1c(I)cc(I)cc1-2. The van der Waals surface area contributed by atoms with Crippen molar-refractivity contribution in [2.45, 2.75) is 20.0 Å². The van der Waals surface area contributed by atoms with E-state index in [1.165, 1.54) is 22.9 Å². The zero-order chi connectivity index (χ0) is 19.1. The number of rotatable bonds is 3. The van der Waals surface area contributed by atoms with Crippen LogP contribution in [0.25, 0.3) is 10.4 Å². The Hall–Kier alpha value is -0.160. The predicted molar refractivity (Wildman–Crippen MR) is 133 cm³/mol. The summed E-state index contributed by atoms with van der Waals surface area (Å²) in [4.78, 5) is 2.62. The molecule has 0 amide bonds. The van der Waals surface area contributed by atoms with Crippen LogP contribution < -0.4 is 13.3 Å². The maximum Gasteiger partial charge on any atom is 0.314 e. The molecule has 27 heavy (non-hydrogen) atoms. The summed E-state index contributed by atoms with van der Waals surface area (Å²) in [7, 11) is 0. The predicted octanol–water partition coefficient (Wildman–Crippen LogP) is 6.63. The molecule has 0 radical (unpaired) electrons. The number of benzene rings is 2. The molecule has 0 aliphatic carbocycles. The lowest BCUT2D eigenvalue weighted by Gasteiger charge is -2.27. The van der Waals surface area contributed by atoms with Gasteiger partial charge in [0, 0.05) is 14.2 Å². The van der Waals surface area contributed by atoms with Crippen molar-refractivity contribution in [1.29, 1.82) is 0 Å². The molecule has 0 spiro atoms. The first-order valence-electron chi connectivity index (χ1n) is 8.65. The van der Waals surface area contributed by atoms with Gasteiger partial charge in [-0.25, -0.2) is 4.58 Å². The third-order valence-corrected chi connectivity index (χ3v) is 8.98. The Labute approximate surface area is 199 Å². The topological polar surface area (TPSA) is 12.2 Å². The monoisotopic (exact) mass is 640 g/mol. The summed E-state index contributed by atoms with van der Waals surface area (Å²) < 4.78 is 12.7. The molecule has 1 aliphatic heterocycles. The number of fused-ring (bicyclic) bond motifs is 3. The van der Waals surface area contributed by atoms with Crippen LogP contribution in [0.4, 0.5) is 0 Å². The molecule has 4 rings (SSSR count). The van der Waals surface area contributed by atoms with Gasteiger partial charge in [0.2, 0.25) is 0 Å². The van der Waals surface area contributed by atoms with Gasteiger partial charge >= 0.3 is 3.98 Å². The highest BCUT2D eigenvalue weighted by atomic mass is 127. The van der Waals surface area contributed by atoms with Gasteiger partial charge in [-0.15, -0.1) is 0 Å². The molecule has 1 aromatic heterocycles. The molecule has 1 aliphatic rings. The zero-order valence-corrected chi connectivity index (χ0v) is 21.5. The Morgan fingerprint density at radius 1 is 1.07 bits per heavy atom.